The Morgan fingerprint density at radius 1 is 1.54 bits per heavy atom. The highest BCUT2D eigenvalue weighted by Gasteiger charge is 2.09. The van der Waals surface area contributed by atoms with Crippen molar-refractivity contribution in [3.63, 3.8) is 0 Å². The zero-order valence-electron chi connectivity index (χ0n) is 8.33. The van der Waals surface area contributed by atoms with Gasteiger partial charge in [0.2, 0.25) is 11.8 Å². The van der Waals surface area contributed by atoms with Gasteiger partial charge in [0.1, 0.15) is 0 Å². The zero-order valence-corrected chi connectivity index (χ0v) is 8.33. The van der Waals surface area contributed by atoms with Crippen LogP contribution in [-0.4, -0.2) is 36.3 Å². The van der Waals surface area contributed by atoms with E-state index in [4.69, 9.17) is 0 Å². The first-order valence-corrected chi connectivity index (χ1v) is 4.14. The summed E-state index contributed by atoms with van der Waals surface area (Å²) in [5.74, 6) is -0.411. The smallest absolute Gasteiger partial charge is 0.246 e. The molecule has 0 heterocycles. The fourth-order valence-corrected chi connectivity index (χ4v) is 0.817. The second kappa shape index (κ2) is 5.35. The SMILES string of the molecule is C=CC(=O)N(C)CC(=O)NC(C)C. The van der Waals surface area contributed by atoms with Crippen LogP contribution in [0.25, 0.3) is 0 Å². The number of amides is 2. The molecule has 0 aliphatic rings. The van der Waals surface area contributed by atoms with E-state index in [0.29, 0.717) is 0 Å². The quantitative estimate of drug-likeness (QED) is 0.632. The van der Waals surface area contributed by atoms with E-state index >= 15 is 0 Å². The Morgan fingerprint density at radius 2 is 2.08 bits per heavy atom. The topological polar surface area (TPSA) is 49.4 Å². The minimum absolute atomic E-state index is 0.0725. The highest BCUT2D eigenvalue weighted by molar-refractivity contribution is 5.90. The lowest BCUT2D eigenvalue weighted by atomic mass is 10.4. The molecule has 0 rings (SSSR count). The van der Waals surface area contributed by atoms with Crippen molar-refractivity contribution < 1.29 is 9.59 Å². The second-order valence-corrected chi connectivity index (χ2v) is 3.12. The number of hydrogen-bond acceptors (Lipinski definition) is 2. The highest BCUT2D eigenvalue weighted by atomic mass is 16.2. The monoisotopic (exact) mass is 184 g/mol. The van der Waals surface area contributed by atoms with Gasteiger partial charge in [-0.3, -0.25) is 9.59 Å². The lowest BCUT2D eigenvalue weighted by Gasteiger charge is -2.15. The summed E-state index contributed by atoms with van der Waals surface area (Å²) in [4.78, 5) is 23.4. The van der Waals surface area contributed by atoms with Gasteiger partial charge in [0.25, 0.3) is 0 Å². The predicted molar refractivity (Wildman–Crippen MR) is 51.1 cm³/mol. The maximum atomic E-state index is 11.1. The van der Waals surface area contributed by atoms with Crippen molar-refractivity contribution in [2.24, 2.45) is 0 Å². The summed E-state index contributed by atoms with van der Waals surface area (Å²) in [6, 6.07) is 0.0970. The number of nitrogens with one attached hydrogen (secondary N) is 1. The van der Waals surface area contributed by atoms with Gasteiger partial charge in [-0.05, 0) is 19.9 Å². The molecule has 0 aliphatic heterocycles. The predicted octanol–water partition coefficient (Wildman–Crippen LogP) is 0.155. The summed E-state index contributed by atoms with van der Waals surface area (Å²) in [5.41, 5.74) is 0. The Labute approximate surface area is 78.6 Å². The highest BCUT2D eigenvalue weighted by Crippen LogP contribution is 1.86. The summed E-state index contributed by atoms with van der Waals surface area (Å²) < 4.78 is 0. The van der Waals surface area contributed by atoms with E-state index in [0.717, 1.165) is 0 Å². The molecule has 1 N–H and O–H groups in total. The Bertz CT molecular complexity index is 212. The van der Waals surface area contributed by atoms with Gasteiger partial charge in [0.15, 0.2) is 0 Å². The van der Waals surface area contributed by atoms with Crippen LogP contribution in [0.15, 0.2) is 12.7 Å². The minimum Gasteiger partial charge on any atom is -0.352 e. The standard InChI is InChI=1S/C9H16N2O2/c1-5-9(13)11(4)6-8(12)10-7(2)3/h5,7H,1,6H2,2-4H3,(H,10,12). The molecule has 2 amide bonds. The Kier molecular flexibility index (Phi) is 4.80. The molecule has 0 saturated heterocycles. The maximum Gasteiger partial charge on any atom is 0.246 e. The summed E-state index contributed by atoms with van der Waals surface area (Å²) in [6.45, 7) is 7.14. The lowest BCUT2D eigenvalue weighted by molar-refractivity contribution is -0.131. The van der Waals surface area contributed by atoms with Gasteiger partial charge in [-0.2, -0.15) is 0 Å². The fourth-order valence-electron chi connectivity index (χ4n) is 0.817. The molecule has 0 saturated carbocycles. The van der Waals surface area contributed by atoms with Crippen LogP contribution in [0, 0.1) is 0 Å². The molecule has 0 aromatic heterocycles. The molecule has 0 aromatic carbocycles. The van der Waals surface area contributed by atoms with Crippen LogP contribution in [0.2, 0.25) is 0 Å². The number of carbonyl (C=O) groups is 2. The van der Waals surface area contributed by atoms with Crippen molar-refractivity contribution in [3.05, 3.63) is 12.7 Å². The number of nitrogens with zero attached hydrogens (tertiary/aromatic N) is 1. The molecule has 0 spiro atoms. The van der Waals surface area contributed by atoms with Gasteiger partial charge in [0.05, 0.1) is 6.54 Å². The second-order valence-electron chi connectivity index (χ2n) is 3.12. The third-order valence-corrected chi connectivity index (χ3v) is 1.38. The molecule has 0 fully saturated rings. The Morgan fingerprint density at radius 3 is 2.46 bits per heavy atom. The molecule has 0 aromatic rings. The average Bonchev–Trinajstić information content (AvgIpc) is 2.01. The molecule has 74 valence electrons. The van der Waals surface area contributed by atoms with E-state index in [1.807, 2.05) is 13.8 Å². The summed E-state index contributed by atoms with van der Waals surface area (Å²) in [5, 5.41) is 2.69. The molecule has 0 radical (unpaired) electrons. The molecule has 0 aliphatic carbocycles. The van der Waals surface area contributed by atoms with Gasteiger partial charge in [-0.25, -0.2) is 0 Å². The van der Waals surface area contributed by atoms with Crippen molar-refractivity contribution >= 4 is 11.8 Å². The van der Waals surface area contributed by atoms with Gasteiger partial charge < -0.3 is 10.2 Å². The normalized spacial score (nSPS) is 9.54. The molecule has 0 bridgehead atoms. The lowest BCUT2D eigenvalue weighted by Crippen LogP contribution is -2.40. The molecule has 13 heavy (non-hydrogen) atoms. The molecular formula is C9H16N2O2. The minimum atomic E-state index is -0.251. The number of hydrogen-bond donors (Lipinski definition) is 1. The van der Waals surface area contributed by atoms with Crippen molar-refractivity contribution in [1.29, 1.82) is 0 Å². The van der Waals surface area contributed by atoms with Crippen molar-refractivity contribution in [1.82, 2.24) is 10.2 Å². The van der Waals surface area contributed by atoms with Gasteiger partial charge in [-0.1, -0.05) is 6.58 Å². The van der Waals surface area contributed by atoms with Crippen LogP contribution < -0.4 is 5.32 Å². The van der Waals surface area contributed by atoms with Gasteiger partial charge in [-0.15, -0.1) is 0 Å². The van der Waals surface area contributed by atoms with Crippen LogP contribution in [0.5, 0.6) is 0 Å². The van der Waals surface area contributed by atoms with Crippen molar-refractivity contribution in [2.45, 2.75) is 19.9 Å². The number of carbonyl (C=O) groups excluding carboxylic acids is 2. The summed E-state index contributed by atoms with van der Waals surface area (Å²) in [7, 11) is 1.56. The molecule has 4 nitrogen and oxygen atoms in total. The van der Waals surface area contributed by atoms with Gasteiger partial charge in [0, 0.05) is 13.1 Å². The summed E-state index contributed by atoms with van der Waals surface area (Å²) in [6.07, 6.45) is 1.18. The fraction of sp³-hybridized carbons (Fsp3) is 0.556. The van der Waals surface area contributed by atoms with E-state index in [-0.39, 0.29) is 24.4 Å². The van der Waals surface area contributed by atoms with Crippen molar-refractivity contribution in [2.75, 3.05) is 13.6 Å². The Balaban J connectivity index is 3.91. The number of likely N-dealkylation sites (N-methyl/N-ethyl adjacent to an activating group) is 1. The first kappa shape index (κ1) is 11.7. The van der Waals surface area contributed by atoms with E-state index in [1.165, 1.54) is 11.0 Å². The van der Waals surface area contributed by atoms with Crippen molar-refractivity contribution in [3.8, 4) is 0 Å². The third-order valence-electron chi connectivity index (χ3n) is 1.38. The van der Waals surface area contributed by atoms with Crippen LogP contribution in [0.3, 0.4) is 0 Å². The maximum absolute atomic E-state index is 11.1. The van der Waals surface area contributed by atoms with Crippen LogP contribution in [-0.2, 0) is 9.59 Å². The Hall–Kier alpha value is -1.32. The largest absolute Gasteiger partial charge is 0.352 e. The summed E-state index contributed by atoms with van der Waals surface area (Å²) >= 11 is 0. The molecule has 0 unspecified atom stereocenters. The first-order chi connectivity index (χ1) is 5.97. The molecular weight excluding hydrogens is 168 g/mol. The van der Waals surface area contributed by atoms with Gasteiger partial charge >= 0.3 is 0 Å². The van der Waals surface area contributed by atoms with Crippen LogP contribution in [0.4, 0.5) is 0 Å². The van der Waals surface area contributed by atoms with E-state index in [1.54, 1.807) is 7.05 Å². The number of rotatable bonds is 4. The third kappa shape index (κ3) is 5.00. The van der Waals surface area contributed by atoms with E-state index < -0.39 is 0 Å². The van der Waals surface area contributed by atoms with E-state index in [2.05, 4.69) is 11.9 Å². The first-order valence-electron chi connectivity index (χ1n) is 4.14. The van der Waals surface area contributed by atoms with E-state index in [9.17, 15) is 9.59 Å². The zero-order chi connectivity index (χ0) is 10.4. The molecule has 4 heteroatoms. The molecule has 0 atom stereocenters. The average molecular weight is 184 g/mol. The van der Waals surface area contributed by atoms with Crippen LogP contribution >= 0.6 is 0 Å². The van der Waals surface area contributed by atoms with Crippen LogP contribution in [0.1, 0.15) is 13.8 Å².